The molecule has 0 bridgehead atoms. The average Bonchev–Trinajstić information content (AvgIpc) is 2.83. The zero-order valence-electron chi connectivity index (χ0n) is 17.9. The summed E-state index contributed by atoms with van der Waals surface area (Å²) in [5, 5.41) is 10.8. The van der Waals surface area contributed by atoms with Crippen LogP contribution in [0.15, 0.2) is 53.1 Å². The molecule has 0 N–H and O–H groups in total. The number of thioether (sulfide) groups is 1. The summed E-state index contributed by atoms with van der Waals surface area (Å²) in [5.41, 5.74) is 3.80. The zero-order valence-corrected chi connectivity index (χ0v) is 18.7. The second-order valence-electron chi connectivity index (χ2n) is 7.45. The number of nitriles is 1. The molecule has 2 aliphatic rings. The molecule has 0 saturated carbocycles. The van der Waals surface area contributed by atoms with Crippen LogP contribution in [0.3, 0.4) is 0 Å². The van der Waals surface area contributed by atoms with Crippen molar-refractivity contribution in [2.45, 2.75) is 25.7 Å². The number of carbonyl (C=O) groups is 1. The number of methoxy groups -OCH3 is 2. The molecule has 1 fully saturated rings. The van der Waals surface area contributed by atoms with E-state index < -0.39 is 0 Å². The monoisotopic (exact) mass is 435 g/mol. The topological polar surface area (TPSA) is 65.8 Å². The molecule has 6 nitrogen and oxygen atoms in total. The Morgan fingerprint density at radius 3 is 2.71 bits per heavy atom. The fourth-order valence-corrected chi connectivity index (χ4v) is 5.37. The van der Waals surface area contributed by atoms with Crippen LogP contribution in [0.25, 0.3) is 0 Å². The third kappa shape index (κ3) is 3.84. The third-order valence-corrected chi connectivity index (χ3v) is 6.97. The molecule has 1 amide bonds. The summed E-state index contributed by atoms with van der Waals surface area (Å²) in [6.45, 7) is 2.58. The maximum atomic E-state index is 13.2. The first kappa shape index (κ1) is 21.1. The van der Waals surface area contributed by atoms with Crippen molar-refractivity contribution in [1.82, 2.24) is 4.90 Å². The third-order valence-electron chi connectivity index (χ3n) is 5.82. The molecule has 1 saturated heterocycles. The molecule has 160 valence electrons. The molecule has 31 heavy (non-hydrogen) atoms. The van der Waals surface area contributed by atoms with Gasteiger partial charge in [-0.05, 0) is 36.2 Å². The summed E-state index contributed by atoms with van der Waals surface area (Å²) in [5.74, 6) is 1.67. The highest BCUT2D eigenvalue weighted by Crippen LogP contribution is 2.46. The first-order chi connectivity index (χ1) is 15.1. The lowest BCUT2D eigenvalue weighted by Crippen LogP contribution is -2.47. The van der Waals surface area contributed by atoms with Gasteiger partial charge in [0.1, 0.15) is 11.5 Å². The van der Waals surface area contributed by atoms with E-state index in [1.807, 2.05) is 30.3 Å². The van der Waals surface area contributed by atoms with Crippen molar-refractivity contribution in [1.29, 1.82) is 5.26 Å². The van der Waals surface area contributed by atoms with Crippen LogP contribution in [-0.4, -0.2) is 37.6 Å². The molecule has 0 radical (unpaired) electrons. The smallest absolute Gasteiger partial charge is 0.229 e. The highest BCUT2D eigenvalue weighted by Gasteiger charge is 2.39. The SMILES string of the molecule is CCc1ccccc1N1CSC2=C(C#N)C(c3cc(OC)ccc3OC)CC(=O)N2C1. The van der Waals surface area contributed by atoms with Gasteiger partial charge in [-0.2, -0.15) is 5.26 Å². The number of benzene rings is 2. The van der Waals surface area contributed by atoms with Crippen LogP contribution in [0.4, 0.5) is 5.69 Å². The van der Waals surface area contributed by atoms with Gasteiger partial charge in [-0.25, -0.2) is 0 Å². The molecular formula is C24H25N3O3S. The van der Waals surface area contributed by atoms with Gasteiger partial charge in [-0.15, -0.1) is 0 Å². The van der Waals surface area contributed by atoms with Crippen molar-refractivity contribution < 1.29 is 14.3 Å². The molecule has 2 heterocycles. The van der Waals surface area contributed by atoms with Crippen LogP contribution in [0, 0.1) is 11.3 Å². The Balaban J connectivity index is 1.71. The zero-order chi connectivity index (χ0) is 22.0. The minimum atomic E-state index is -0.351. The van der Waals surface area contributed by atoms with Crippen molar-refractivity contribution in [3.63, 3.8) is 0 Å². The fraction of sp³-hybridized carbons (Fsp3) is 0.333. The summed E-state index contributed by atoms with van der Waals surface area (Å²) < 4.78 is 10.9. The van der Waals surface area contributed by atoms with Gasteiger partial charge in [0.2, 0.25) is 5.91 Å². The second-order valence-corrected chi connectivity index (χ2v) is 8.39. The van der Waals surface area contributed by atoms with Gasteiger partial charge >= 0.3 is 0 Å². The normalized spacial score (nSPS) is 18.5. The predicted molar refractivity (Wildman–Crippen MR) is 122 cm³/mol. The summed E-state index contributed by atoms with van der Waals surface area (Å²) in [6, 6.07) is 16.2. The van der Waals surface area contributed by atoms with Crippen LogP contribution in [0.1, 0.15) is 30.4 Å². The van der Waals surface area contributed by atoms with Gasteiger partial charge in [-0.1, -0.05) is 36.9 Å². The highest BCUT2D eigenvalue weighted by molar-refractivity contribution is 8.03. The molecule has 0 aromatic heterocycles. The Labute approximate surface area is 187 Å². The maximum Gasteiger partial charge on any atom is 0.229 e. The number of rotatable bonds is 5. The van der Waals surface area contributed by atoms with Crippen molar-refractivity contribution in [3.8, 4) is 17.6 Å². The van der Waals surface area contributed by atoms with Gasteiger partial charge in [0.25, 0.3) is 0 Å². The lowest BCUT2D eigenvalue weighted by atomic mass is 9.86. The number of amides is 1. The van der Waals surface area contributed by atoms with Crippen LogP contribution < -0.4 is 14.4 Å². The van der Waals surface area contributed by atoms with E-state index in [2.05, 4.69) is 30.0 Å². The van der Waals surface area contributed by atoms with E-state index in [4.69, 9.17) is 9.47 Å². The number of para-hydroxylation sites is 1. The number of aryl methyl sites for hydroxylation is 1. The Morgan fingerprint density at radius 1 is 1.19 bits per heavy atom. The van der Waals surface area contributed by atoms with Gasteiger partial charge in [0.05, 0.1) is 43.4 Å². The van der Waals surface area contributed by atoms with E-state index >= 15 is 0 Å². The quantitative estimate of drug-likeness (QED) is 0.690. The fourth-order valence-electron chi connectivity index (χ4n) is 4.21. The lowest BCUT2D eigenvalue weighted by molar-refractivity contribution is -0.129. The van der Waals surface area contributed by atoms with Gasteiger partial charge in [0.15, 0.2) is 0 Å². The van der Waals surface area contributed by atoms with E-state index in [0.29, 0.717) is 29.6 Å². The van der Waals surface area contributed by atoms with Crippen molar-refractivity contribution in [2.24, 2.45) is 0 Å². The number of hydrogen-bond donors (Lipinski definition) is 0. The van der Waals surface area contributed by atoms with E-state index in [1.165, 1.54) is 5.56 Å². The predicted octanol–water partition coefficient (Wildman–Crippen LogP) is 4.49. The standard InChI is InChI=1S/C24H25N3O3S/c1-4-16-7-5-6-8-21(16)26-14-27-23(28)12-18(20(13-25)24(27)31-15-26)19-11-17(29-2)9-10-22(19)30-3/h5-11,18H,4,12,14-15H2,1-3H3. The summed E-state index contributed by atoms with van der Waals surface area (Å²) in [6.07, 6.45) is 1.15. The first-order valence-corrected chi connectivity index (χ1v) is 11.2. The Morgan fingerprint density at radius 2 is 2.00 bits per heavy atom. The van der Waals surface area contributed by atoms with Gasteiger partial charge in [-0.3, -0.25) is 9.69 Å². The van der Waals surface area contributed by atoms with E-state index in [0.717, 1.165) is 22.7 Å². The molecule has 7 heteroatoms. The summed E-state index contributed by atoms with van der Waals surface area (Å²) >= 11 is 1.54. The van der Waals surface area contributed by atoms with E-state index in [-0.39, 0.29) is 18.2 Å². The molecule has 0 aliphatic carbocycles. The number of carbonyl (C=O) groups excluding carboxylic acids is 1. The van der Waals surface area contributed by atoms with Crippen LogP contribution >= 0.6 is 11.8 Å². The van der Waals surface area contributed by atoms with Gasteiger partial charge in [0, 0.05) is 23.6 Å². The van der Waals surface area contributed by atoms with Crippen molar-refractivity contribution in [2.75, 3.05) is 31.7 Å². The van der Waals surface area contributed by atoms with Gasteiger partial charge < -0.3 is 14.4 Å². The molecule has 0 spiro atoms. The Bertz CT molecular complexity index is 1080. The highest BCUT2D eigenvalue weighted by atomic mass is 32.2. The minimum absolute atomic E-state index is 0.00931. The molecule has 4 rings (SSSR count). The molecule has 1 atom stereocenters. The van der Waals surface area contributed by atoms with Crippen molar-refractivity contribution >= 4 is 23.4 Å². The lowest BCUT2D eigenvalue weighted by Gasteiger charge is -2.42. The number of hydrogen-bond acceptors (Lipinski definition) is 6. The molecule has 2 aromatic carbocycles. The van der Waals surface area contributed by atoms with Crippen LogP contribution in [0.2, 0.25) is 0 Å². The van der Waals surface area contributed by atoms with Crippen molar-refractivity contribution in [3.05, 3.63) is 64.2 Å². The Hall–Kier alpha value is -3.11. The van der Waals surface area contributed by atoms with E-state index in [1.54, 1.807) is 30.9 Å². The molecule has 2 aromatic rings. The number of anilines is 1. The first-order valence-electron chi connectivity index (χ1n) is 10.2. The summed E-state index contributed by atoms with van der Waals surface area (Å²) in [7, 11) is 3.20. The Kier molecular flexibility index (Phi) is 6.10. The average molecular weight is 436 g/mol. The molecule has 2 aliphatic heterocycles. The number of nitrogens with zero attached hydrogens (tertiary/aromatic N) is 3. The second kappa shape index (κ2) is 8.94. The largest absolute Gasteiger partial charge is 0.497 e. The van der Waals surface area contributed by atoms with E-state index in [9.17, 15) is 10.1 Å². The molecule has 1 unspecified atom stereocenters. The number of allylic oxidation sites excluding steroid dienone is 1. The molecular weight excluding hydrogens is 410 g/mol. The van der Waals surface area contributed by atoms with Crippen LogP contribution in [-0.2, 0) is 11.2 Å². The summed E-state index contributed by atoms with van der Waals surface area (Å²) in [4.78, 5) is 17.2. The number of fused-ring (bicyclic) bond motifs is 1. The number of ether oxygens (including phenoxy) is 2. The minimum Gasteiger partial charge on any atom is -0.497 e. The maximum absolute atomic E-state index is 13.2. The van der Waals surface area contributed by atoms with Crippen LogP contribution in [0.5, 0.6) is 11.5 Å².